The van der Waals surface area contributed by atoms with Crippen molar-refractivity contribution in [1.82, 2.24) is 9.88 Å². The van der Waals surface area contributed by atoms with Crippen molar-refractivity contribution in [2.24, 2.45) is 5.73 Å². The Morgan fingerprint density at radius 2 is 1.88 bits per heavy atom. The molecule has 1 aromatic heterocycles. The zero-order chi connectivity index (χ0) is 16.4. The minimum atomic E-state index is -0.256. The molecule has 3 N–H and O–H groups in total. The number of carbonyl (C=O) groups is 2. The van der Waals surface area contributed by atoms with Crippen LogP contribution in [0.1, 0.15) is 32.1 Å². The SMILES string of the molecule is CN(CC(=O)Nc1ccc(Br)cn1)C(=O)CCCCCCN.Cl.Cl. The van der Waals surface area contributed by atoms with E-state index < -0.39 is 0 Å². The van der Waals surface area contributed by atoms with Crippen LogP contribution >= 0.6 is 40.7 Å². The number of carbonyl (C=O) groups excluding carboxylic acids is 2. The molecule has 0 aliphatic rings. The van der Waals surface area contributed by atoms with Crippen molar-refractivity contribution in [1.29, 1.82) is 0 Å². The summed E-state index contributed by atoms with van der Waals surface area (Å²) in [6, 6.07) is 3.49. The first-order chi connectivity index (χ1) is 10.5. The summed E-state index contributed by atoms with van der Waals surface area (Å²) >= 11 is 3.28. The van der Waals surface area contributed by atoms with Crippen LogP contribution in [0.15, 0.2) is 22.8 Å². The first-order valence-corrected chi connectivity index (χ1v) is 8.17. The normalized spacial score (nSPS) is 9.46. The highest BCUT2D eigenvalue weighted by Gasteiger charge is 2.13. The van der Waals surface area contributed by atoms with Crippen molar-refractivity contribution >= 4 is 58.4 Å². The molecule has 9 heteroatoms. The second-order valence-corrected chi connectivity index (χ2v) is 6.03. The van der Waals surface area contributed by atoms with E-state index >= 15 is 0 Å². The summed E-state index contributed by atoms with van der Waals surface area (Å²) < 4.78 is 0.840. The summed E-state index contributed by atoms with van der Waals surface area (Å²) in [5.41, 5.74) is 5.42. The van der Waals surface area contributed by atoms with Crippen molar-refractivity contribution < 1.29 is 9.59 Å². The van der Waals surface area contributed by atoms with Crippen molar-refractivity contribution in [3.05, 3.63) is 22.8 Å². The Kier molecular flexibility index (Phi) is 15.3. The first kappa shape index (κ1) is 25.4. The van der Waals surface area contributed by atoms with Crippen LogP contribution in [0.2, 0.25) is 0 Å². The van der Waals surface area contributed by atoms with E-state index in [9.17, 15) is 9.59 Å². The van der Waals surface area contributed by atoms with Gasteiger partial charge in [-0.2, -0.15) is 0 Å². The summed E-state index contributed by atoms with van der Waals surface area (Å²) in [5, 5.41) is 2.66. The molecule has 0 spiro atoms. The monoisotopic (exact) mass is 442 g/mol. The van der Waals surface area contributed by atoms with E-state index in [1.807, 2.05) is 0 Å². The van der Waals surface area contributed by atoms with Crippen LogP contribution in [0.5, 0.6) is 0 Å². The van der Waals surface area contributed by atoms with Gasteiger partial charge in [-0.05, 0) is 47.4 Å². The van der Waals surface area contributed by atoms with Crippen LogP contribution < -0.4 is 11.1 Å². The van der Waals surface area contributed by atoms with E-state index in [4.69, 9.17) is 5.73 Å². The molecule has 138 valence electrons. The van der Waals surface area contributed by atoms with E-state index in [0.717, 1.165) is 30.2 Å². The van der Waals surface area contributed by atoms with Gasteiger partial charge in [-0.1, -0.05) is 12.8 Å². The highest BCUT2D eigenvalue weighted by atomic mass is 79.9. The van der Waals surface area contributed by atoms with Gasteiger partial charge in [-0.3, -0.25) is 9.59 Å². The summed E-state index contributed by atoms with van der Waals surface area (Å²) in [4.78, 5) is 29.3. The molecule has 0 atom stereocenters. The van der Waals surface area contributed by atoms with Gasteiger partial charge in [0.1, 0.15) is 5.82 Å². The standard InChI is InChI=1S/C15H23BrN4O2.2ClH/c1-20(15(22)6-4-2-3-5-9-17)11-14(21)19-13-8-7-12(16)10-18-13;;/h7-8,10H,2-6,9,11,17H2,1H3,(H,18,19,21);2*1H. The molecule has 1 heterocycles. The van der Waals surface area contributed by atoms with Crippen LogP contribution in [-0.2, 0) is 9.59 Å². The highest BCUT2D eigenvalue weighted by molar-refractivity contribution is 9.10. The van der Waals surface area contributed by atoms with E-state index in [1.54, 1.807) is 25.4 Å². The Morgan fingerprint density at radius 3 is 2.46 bits per heavy atom. The van der Waals surface area contributed by atoms with Gasteiger partial charge < -0.3 is 16.0 Å². The smallest absolute Gasteiger partial charge is 0.245 e. The third-order valence-electron chi connectivity index (χ3n) is 3.15. The number of hydrogen-bond donors (Lipinski definition) is 2. The number of amides is 2. The van der Waals surface area contributed by atoms with Crippen LogP contribution in [0.3, 0.4) is 0 Å². The van der Waals surface area contributed by atoms with E-state index in [0.29, 0.717) is 18.8 Å². The van der Waals surface area contributed by atoms with Gasteiger partial charge in [0.2, 0.25) is 11.8 Å². The third-order valence-corrected chi connectivity index (χ3v) is 3.62. The second-order valence-electron chi connectivity index (χ2n) is 5.11. The number of halogens is 3. The number of nitrogens with two attached hydrogens (primary N) is 1. The maximum absolute atomic E-state index is 11.9. The summed E-state index contributed by atoms with van der Waals surface area (Å²) in [5.74, 6) is 0.191. The largest absolute Gasteiger partial charge is 0.336 e. The lowest BCUT2D eigenvalue weighted by atomic mass is 10.1. The number of nitrogens with zero attached hydrogens (tertiary/aromatic N) is 2. The fraction of sp³-hybridized carbons (Fsp3) is 0.533. The van der Waals surface area contributed by atoms with Crippen molar-refractivity contribution in [2.75, 3.05) is 25.5 Å². The zero-order valence-corrected chi connectivity index (χ0v) is 16.9. The van der Waals surface area contributed by atoms with Gasteiger partial charge in [-0.15, -0.1) is 24.8 Å². The predicted octanol–water partition coefficient (Wildman–Crippen LogP) is 2.99. The molecule has 1 rings (SSSR count). The van der Waals surface area contributed by atoms with Gasteiger partial charge in [0.05, 0.1) is 6.54 Å². The molecular weight excluding hydrogens is 419 g/mol. The molecule has 0 aliphatic carbocycles. The van der Waals surface area contributed by atoms with Crippen molar-refractivity contribution in [3.63, 3.8) is 0 Å². The number of likely N-dealkylation sites (N-methyl/N-ethyl adjacent to an activating group) is 1. The Labute approximate surface area is 163 Å². The van der Waals surface area contributed by atoms with Gasteiger partial charge >= 0.3 is 0 Å². The van der Waals surface area contributed by atoms with E-state index in [-0.39, 0.29) is 43.2 Å². The van der Waals surface area contributed by atoms with Crippen molar-refractivity contribution in [2.45, 2.75) is 32.1 Å². The lowest BCUT2D eigenvalue weighted by Crippen LogP contribution is -2.34. The van der Waals surface area contributed by atoms with Gasteiger partial charge in [-0.25, -0.2) is 4.98 Å². The Bertz CT molecular complexity index is 489. The highest BCUT2D eigenvalue weighted by Crippen LogP contribution is 2.10. The van der Waals surface area contributed by atoms with E-state index in [1.165, 1.54) is 4.90 Å². The number of pyridine rings is 1. The average Bonchev–Trinajstić information content (AvgIpc) is 2.49. The number of nitrogens with one attached hydrogen (secondary N) is 1. The van der Waals surface area contributed by atoms with Crippen LogP contribution in [0.25, 0.3) is 0 Å². The quantitative estimate of drug-likeness (QED) is 0.574. The maximum Gasteiger partial charge on any atom is 0.245 e. The van der Waals surface area contributed by atoms with Crippen LogP contribution in [-0.4, -0.2) is 41.8 Å². The van der Waals surface area contributed by atoms with Gasteiger partial charge in [0, 0.05) is 24.1 Å². The van der Waals surface area contributed by atoms with Crippen molar-refractivity contribution in [3.8, 4) is 0 Å². The fourth-order valence-electron chi connectivity index (χ4n) is 1.90. The minimum Gasteiger partial charge on any atom is -0.336 e. The fourth-order valence-corrected chi connectivity index (χ4v) is 2.14. The lowest BCUT2D eigenvalue weighted by Gasteiger charge is -2.16. The second kappa shape index (κ2) is 14.5. The summed E-state index contributed by atoms with van der Waals surface area (Å²) in [6.45, 7) is 0.720. The summed E-state index contributed by atoms with van der Waals surface area (Å²) in [6.07, 6.45) is 5.93. The number of anilines is 1. The molecule has 0 unspecified atom stereocenters. The molecule has 0 aliphatic heterocycles. The van der Waals surface area contributed by atoms with Crippen LogP contribution in [0.4, 0.5) is 5.82 Å². The Hall–Kier alpha value is -0.890. The zero-order valence-electron chi connectivity index (χ0n) is 13.7. The molecule has 0 radical (unpaired) electrons. The third kappa shape index (κ3) is 10.8. The van der Waals surface area contributed by atoms with Gasteiger partial charge in [0.15, 0.2) is 0 Å². The molecule has 0 aromatic carbocycles. The number of aromatic nitrogens is 1. The average molecular weight is 444 g/mol. The molecule has 0 fully saturated rings. The lowest BCUT2D eigenvalue weighted by molar-refractivity contribution is -0.133. The molecule has 0 saturated carbocycles. The summed E-state index contributed by atoms with van der Waals surface area (Å²) in [7, 11) is 1.64. The predicted molar refractivity (Wildman–Crippen MR) is 105 cm³/mol. The Balaban J connectivity index is 0. The Morgan fingerprint density at radius 1 is 1.21 bits per heavy atom. The topological polar surface area (TPSA) is 88.3 Å². The minimum absolute atomic E-state index is 0. The molecule has 6 nitrogen and oxygen atoms in total. The molecular formula is C15H25BrCl2N4O2. The first-order valence-electron chi connectivity index (χ1n) is 7.38. The molecule has 0 bridgehead atoms. The number of rotatable bonds is 9. The number of hydrogen-bond acceptors (Lipinski definition) is 4. The van der Waals surface area contributed by atoms with E-state index in [2.05, 4.69) is 26.2 Å². The van der Waals surface area contributed by atoms with Gasteiger partial charge in [0.25, 0.3) is 0 Å². The molecule has 2 amide bonds. The molecule has 24 heavy (non-hydrogen) atoms. The van der Waals surface area contributed by atoms with Crippen LogP contribution in [0, 0.1) is 0 Å². The number of unbranched alkanes of at least 4 members (excludes halogenated alkanes) is 3. The molecule has 0 saturated heterocycles. The maximum atomic E-state index is 11.9. The molecule has 1 aromatic rings.